The van der Waals surface area contributed by atoms with Gasteiger partial charge in [0, 0.05) is 30.9 Å². The number of carbonyl (C=O) groups is 1. The second-order valence-corrected chi connectivity index (χ2v) is 7.35. The van der Waals surface area contributed by atoms with Crippen LogP contribution in [0.2, 0.25) is 0 Å². The Kier molecular flexibility index (Phi) is 3.78. The zero-order valence-corrected chi connectivity index (χ0v) is 14.6. The molecule has 0 bridgehead atoms. The number of carbonyl (C=O) groups excluding carboxylic acids is 1. The molecule has 0 radical (unpaired) electrons. The summed E-state index contributed by atoms with van der Waals surface area (Å²) < 4.78 is 1.75. The SMILES string of the molecule is Cc1ccc2c(c1)CN(C(=O)C(C)c1cnn(C)c1)C(C)(C)C2. The molecule has 2 heterocycles. The zero-order chi connectivity index (χ0) is 16.8. The molecule has 4 heteroatoms. The molecule has 0 saturated carbocycles. The van der Waals surface area contributed by atoms with Gasteiger partial charge in [-0.2, -0.15) is 5.10 Å². The van der Waals surface area contributed by atoms with Crippen LogP contribution in [0, 0.1) is 6.92 Å². The van der Waals surface area contributed by atoms with Gasteiger partial charge in [-0.05, 0) is 45.2 Å². The second-order valence-electron chi connectivity index (χ2n) is 7.35. The normalized spacial score (nSPS) is 17.7. The standard InChI is InChI=1S/C19H25N3O/c1-13-6-7-15-9-19(3,4)22(12-16(15)8-13)18(23)14(2)17-10-20-21(5)11-17/h6-8,10-11,14H,9,12H2,1-5H3. The maximum Gasteiger partial charge on any atom is 0.230 e. The molecule has 1 unspecified atom stereocenters. The van der Waals surface area contributed by atoms with Crippen molar-refractivity contribution in [2.75, 3.05) is 0 Å². The summed E-state index contributed by atoms with van der Waals surface area (Å²) in [4.78, 5) is 15.1. The fraction of sp³-hybridized carbons (Fsp3) is 0.474. The lowest BCUT2D eigenvalue weighted by molar-refractivity contribution is -0.139. The van der Waals surface area contributed by atoms with E-state index in [9.17, 15) is 4.79 Å². The predicted molar refractivity (Wildman–Crippen MR) is 91.1 cm³/mol. The number of aryl methyl sites for hydroxylation is 2. The largest absolute Gasteiger partial charge is 0.332 e. The van der Waals surface area contributed by atoms with Crippen molar-refractivity contribution in [1.29, 1.82) is 0 Å². The van der Waals surface area contributed by atoms with Crippen LogP contribution in [0.5, 0.6) is 0 Å². The molecule has 1 atom stereocenters. The Morgan fingerprint density at radius 1 is 1.30 bits per heavy atom. The van der Waals surface area contributed by atoms with Crippen molar-refractivity contribution >= 4 is 5.91 Å². The number of nitrogens with zero attached hydrogens (tertiary/aromatic N) is 3. The predicted octanol–water partition coefficient (Wildman–Crippen LogP) is 3.20. The van der Waals surface area contributed by atoms with Crippen molar-refractivity contribution in [2.24, 2.45) is 7.05 Å². The molecule has 3 rings (SSSR count). The van der Waals surface area contributed by atoms with Crippen molar-refractivity contribution in [3.05, 3.63) is 52.8 Å². The Balaban J connectivity index is 1.90. The topological polar surface area (TPSA) is 38.1 Å². The molecule has 0 spiro atoms. The summed E-state index contributed by atoms with van der Waals surface area (Å²) in [6.45, 7) is 9.08. The van der Waals surface area contributed by atoms with Gasteiger partial charge in [-0.15, -0.1) is 0 Å². The van der Waals surface area contributed by atoms with Gasteiger partial charge in [-0.1, -0.05) is 23.8 Å². The van der Waals surface area contributed by atoms with E-state index in [0.717, 1.165) is 12.0 Å². The third-order valence-electron chi connectivity index (χ3n) is 4.91. The van der Waals surface area contributed by atoms with Crippen LogP contribution in [0.3, 0.4) is 0 Å². The summed E-state index contributed by atoms with van der Waals surface area (Å²) in [7, 11) is 1.88. The number of hydrogen-bond acceptors (Lipinski definition) is 2. The van der Waals surface area contributed by atoms with Gasteiger partial charge in [0.05, 0.1) is 12.1 Å². The highest BCUT2D eigenvalue weighted by Gasteiger charge is 2.38. The fourth-order valence-electron chi connectivity index (χ4n) is 3.44. The minimum Gasteiger partial charge on any atom is -0.332 e. The lowest BCUT2D eigenvalue weighted by Crippen LogP contribution is -2.52. The maximum atomic E-state index is 13.1. The van der Waals surface area contributed by atoms with Gasteiger partial charge in [-0.25, -0.2) is 0 Å². The van der Waals surface area contributed by atoms with Crippen molar-refractivity contribution in [2.45, 2.75) is 52.1 Å². The molecule has 1 aliphatic heterocycles. The summed E-state index contributed by atoms with van der Waals surface area (Å²) in [5.41, 5.74) is 4.68. The van der Waals surface area contributed by atoms with Crippen molar-refractivity contribution in [1.82, 2.24) is 14.7 Å². The lowest BCUT2D eigenvalue weighted by Gasteiger charge is -2.44. The Morgan fingerprint density at radius 2 is 2.04 bits per heavy atom. The molecule has 0 N–H and O–H groups in total. The summed E-state index contributed by atoms with van der Waals surface area (Å²) in [5, 5.41) is 4.20. The first-order valence-corrected chi connectivity index (χ1v) is 8.16. The van der Waals surface area contributed by atoms with Crippen LogP contribution in [0.25, 0.3) is 0 Å². The highest BCUT2D eigenvalue weighted by Crippen LogP contribution is 2.33. The van der Waals surface area contributed by atoms with Gasteiger partial charge in [0.25, 0.3) is 0 Å². The molecule has 23 heavy (non-hydrogen) atoms. The molecule has 0 fully saturated rings. The molecule has 2 aromatic rings. The summed E-state index contributed by atoms with van der Waals surface area (Å²) in [6.07, 6.45) is 4.61. The van der Waals surface area contributed by atoms with Crippen LogP contribution in [-0.2, 0) is 24.8 Å². The summed E-state index contributed by atoms with van der Waals surface area (Å²) >= 11 is 0. The van der Waals surface area contributed by atoms with Gasteiger partial charge in [0.2, 0.25) is 5.91 Å². The van der Waals surface area contributed by atoms with E-state index < -0.39 is 0 Å². The molecule has 1 amide bonds. The van der Waals surface area contributed by atoms with Crippen LogP contribution < -0.4 is 0 Å². The number of benzene rings is 1. The van der Waals surface area contributed by atoms with Gasteiger partial charge in [0.1, 0.15) is 0 Å². The van der Waals surface area contributed by atoms with Crippen LogP contribution in [0.4, 0.5) is 0 Å². The maximum absolute atomic E-state index is 13.1. The first-order valence-electron chi connectivity index (χ1n) is 8.16. The molecule has 1 aliphatic rings. The van der Waals surface area contributed by atoms with Crippen LogP contribution in [-0.4, -0.2) is 26.1 Å². The quantitative estimate of drug-likeness (QED) is 0.854. The smallest absolute Gasteiger partial charge is 0.230 e. The highest BCUT2D eigenvalue weighted by atomic mass is 16.2. The van der Waals surface area contributed by atoms with Gasteiger partial charge in [0.15, 0.2) is 0 Å². The second kappa shape index (κ2) is 5.52. The first kappa shape index (κ1) is 15.8. The Morgan fingerprint density at radius 3 is 2.70 bits per heavy atom. The molecule has 1 aromatic heterocycles. The van der Waals surface area contributed by atoms with E-state index in [0.29, 0.717) is 6.54 Å². The van der Waals surface area contributed by atoms with E-state index in [4.69, 9.17) is 0 Å². The van der Waals surface area contributed by atoms with E-state index in [1.807, 2.05) is 25.1 Å². The van der Waals surface area contributed by atoms with E-state index in [1.54, 1.807) is 10.9 Å². The number of amides is 1. The molecule has 0 saturated heterocycles. The first-order chi connectivity index (χ1) is 10.8. The average Bonchev–Trinajstić information content (AvgIpc) is 2.91. The minimum absolute atomic E-state index is 0.171. The Bertz CT molecular complexity index is 745. The molecular formula is C19H25N3O. The van der Waals surface area contributed by atoms with Gasteiger partial charge in [-0.3, -0.25) is 9.48 Å². The third-order valence-corrected chi connectivity index (χ3v) is 4.91. The third kappa shape index (κ3) is 2.90. The molecule has 1 aromatic carbocycles. The van der Waals surface area contributed by atoms with E-state index in [1.165, 1.54) is 16.7 Å². The summed E-state index contributed by atoms with van der Waals surface area (Å²) in [5.74, 6) is 0.00416. The van der Waals surface area contributed by atoms with Gasteiger partial charge < -0.3 is 4.90 Å². The van der Waals surface area contributed by atoms with E-state index in [2.05, 4.69) is 44.1 Å². The molecular weight excluding hydrogens is 286 g/mol. The summed E-state index contributed by atoms with van der Waals surface area (Å²) in [6, 6.07) is 6.57. The van der Waals surface area contributed by atoms with E-state index in [-0.39, 0.29) is 17.4 Å². The van der Waals surface area contributed by atoms with Crippen LogP contribution in [0.1, 0.15) is 48.9 Å². The Labute approximate surface area is 138 Å². The number of rotatable bonds is 2. The monoisotopic (exact) mass is 311 g/mol. The van der Waals surface area contributed by atoms with E-state index >= 15 is 0 Å². The lowest BCUT2D eigenvalue weighted by atomic mass is 9.84. The molecule has 4 nitrogen and oxygen atoms in total. The number of hydrogen-bond donors (Lipinski definition) is 0. The fourth-order valence-corrected chi connectivity index (χ4v) is 3.44. The average molecular weight is 311 g/mol. The van der Waals surface area contributed by atoms with Crippen molar-refractivity contribution < 1.29 is 4.79 Å². The molecule has 122 valence electrons. The van der Waals surface area contributed by atoms with Crippen molar-refractivity contribution in [3.63, 3.8) is 0 Å². The number of aromatic nitrogens is 2. The zero-order valence-electron chi connectivity index (χ0n) is 14.6. The van der Waals surface area contributed by atoms with Crippen LogP contribution in [0.15, 0.2) is 30.6 Å². The highest BCUT2D eigenvalue weighted by molar-refractivity contribution is 5.84. The molecule has 0 aliphatic carbocycles. The number of fused-ring (bicyclic) bond motifs is 1. The minimum atomic E-state index is -0.172. The van der Waals surface area contributed by atoms with Crippen LogP contribution >= 0.6 is 0 Å². The van der Waals surface area contributed by atoms with Gasteiger partial charge >= 0.3 is 0 Å². The van der Waals surface area contributed by atoms with Crippen molar-refractivity contribution in [3.8, 4) is 0 Å². The Hall–Kier alpha value is -2.10.